The highest BCUT2D eigenvalue weighted by molar-refractivity contribution is 5.85. The summed E-state index contributed by atoms with van der Waals surface area (Å²) in [6, 6.07) is 9.71. The number of nitrogens with zero attached hydrogens (tertiary/aromatic N) is 1. The van der Waals surface area contributed by atoms with Crippen molar-refractivity contribution in [1.82, 2.24) is 4.90 Å². The van der Waals surface area contributed by atoms with Crippen LogP contribution in [0.1, 0.15) is 26.3 Å². The monoisotopic (exact) mass is 284 g/mol. The van der Waals surface area contributed by atoms with Gasteiger partial charge in [0.25, 0.3) is 0 Å². The minimum Gasteiger partial charge on any atom is -0.344 e. The molecule has 0 bridgehead atoms. The van der Waals surface area contributed by atoms with Crippen molar-refractivity contribution in [2.45, 2.75) is 33.2 Å². The predicted octanol–water partition coefficient (Wildman–Crippen LogP) is 2.48. The first-order valence-corrected chi connectivity index (χ1v) is 6.37. The fraction of sp³-hybridized carbons (Fsp3) is 0.533. The SMILES string of the molecule is CN(CCc1ccccc1)C(=O)[C@@H](N)C(C)(C)C.Cl. The van der Waals surface area contributed by atoms with Gasteiger partial charge in [-0.3, -0.25) is 4.79 Å². The van der Waals surface area contributed by atoms with Crippen molar-refractivity contribution in [3.63, 3.8) is 0 Å². The largest absolute Gasteiger partial charge is 0.344 e. The molecule has 2 N–H and O–H groups in total. The summed E-state index contributed by atoms with van der Waals surface area (Å²) in [7, 11) is 1.82. The molecule has 1 aromatic carbocycles. The molecule has 0 fully saturated rings. The topological polar surface area (TPSA) is 46.3 Å². The van der Waals surface area contributed by atoms with Crippen LogP contribution >= 0.6 is 12.4 Å². The van der Waals surface area contributed by atoms with E-state index in [1.165, 1.54) is 5.56 Å². The van der Waals surface area contributed by atoms with Gasteiger partial charge in [0.2, 0.25) is 5.91 Å². The normalized spacial score (nSPS) is 12.5. The lowest BCUT2D eigenvalue weighted by molar-refractivity contribution is -0.133. The van der Waals surface area contributed by atoms with Crippen LogP contribution in [0.15, 0.2) is 30.3 Å². The molecule has 4 heteroatoms. The Balaban J connectivity index is 0.00000324. The van der Waals surface area contributed by atoms with Crippen molar-refractivity contribution < 1.29 is 4.79 Å². The molecule has 0 saturated carbocycles. The molecular weight excluding hydrogens is 260 g/mol. The van der Waals surface area contributed by atoms with Gasteiger partial charge in [0.05, 0.1) is 6.04 Å². The van der Waals surface area contributed by atoms with Crippen molar-refractivity contribution in [3.05, 3.63) is 35.9 Å². The van der Waals surface area contributed by atoms with E-state index in [9.17, 15) is 4.79 Å². The molecule has 3 nitrogen and oxygen atoms in total. The van der Waals surface area contributed by atoms with Gasteiger partial charge in [-0.15, -0.1) is 12.4 Å². The van der Waals surface area contributed by atoms with Crippen molar-refractivity contribution in [2.75, 3.05) is 13.6 Å². The lowest BCUT2D eigenvalue weighted by Gasteiger charge is -2.30. The number of carbonyl (C=O) groups is 1. The van der Waals surface area contributed by atoms with E-state index in [4.69, 9.17) is 5.73 Å². The molecule has 1 atom stereocenters. The van der Waals surface area contributed by atoms with E-state index in [0.29, 0.717) is 6.54 Å². The number of rotatable bonds is 4. The third kappa shape index (κ3) is 5.62. The van der Waals surface area contributed by atoms with Crippen molar-refractivity contribution in [3.8, 4) is 0 Å². The Bertz CT molecular complexity index is 387. The number of nitrogens with two attached hydrogens (primary N) is 1. The van der Waals surface area contributed by atoms with Crippen LogP contribution in [0.5, 0.6) is 0 Å². The number of likely N-dealkylation sites (N-methyl/N-ethyl adjacent to an activating group) is 1. The van der Waals surface area contributed by atoms with Crippen LogP contribution in [0.4, 0.5) is 0 Å². The van der Waals surface area contributed by atoms with E-state index < -0.39 is 6.04 Å². The maximum atomic E-state index is 12.1. The molecule has 1 aromatic rings. The minimum absolute atomic E-state index is 0. The summed E-state index contributed by atoms with van der Waals surface area (Å²) in [6.45, 7) is 6.66. The van der Waals surface area contributed by atoms with Crippen LogP contribution in [-0.2, 0) is 11.2 Å². The fourth-order valence-corrected chi connectivity index (χ4v) is 1.66. The second-order valence-corrected chi connectivity index (χ2v) is 5.84. The van der Waals surface area contributed by atoms with Crippen LogP contribution in [-0.4, -0.2) is 30.4 Å². The quantitative estimate of drug-likeness (QED) is 0.923. The van der Waals surface area contributed by atoms with Gasteiger partial charge in [-0.1, -0.05) is 51.1 Å². The molecule has 0 spiro atoms. The first-order chi connectivity index (χ1) is 8.32. The van der Waals surface area contributed by atoms with Crippen molar-refractivity contribution in [2.24, 2.45) is 11.1 Å². The number of carbonyl (C=O) groups excluding carboxylic acids is 1. The van der Waals surface area contributed by atoms with Crippen LogP contribution < -0.4 is 5.73 Å². The third-order valence-electron chi connectivity index (χ3n) is 3.15. The van der Waals surface area contributed by atoms with E-state index in [2.05, 4.69) is 12.1 Å². The summed E-state index contributed by atoms with van der Waals surface area (Å²) in [6.07, 6.45) is 0.861. The average Bonchev–Trinajstić information content (AvgIpc) is 2.34. The Morgan fingerprint density at radius 3 is 2.26 bits per heavy atom. The van der Waals surface area contributed by atoms with Gasteiger partial charge in [0.15, 0.2) is 0 Å². The van der Waals surface area contributed by atoms with Gasteiger partial charge in [-0.25, -0.2) is 0 Å². The molecule has 0 aromatic heterocycles. The number of benzene rings is 1. The Kier molecular flexibility index (Phi) is 7.09. The summed E-state index contributed by atoms with van der Waals surface area (Å²) in [4.78, 5) is 13.8. The summed E-state index contributed by atoms with van der Waals surface area (Å²) in [5.41, 5.74) is 7.01. The Morgan fingerprint density at radius 2 is 1.79 bits per heavy atom. The fourth-order valence-electron chi connectivity index (χ4n) is 1.66. The van der Waals surface area contributed by atoms with Gasteiger partial charge in [-0.2, -0.15) is 0 Å². The molecule has 108 valence electrons. The first kappa shape index (κ1) is 17.9. The molecule has 0 saturated heterocycles. The van der Waals surface area contributed by atoms with Gasteiger partial charge in [0, 0.05) is 13.6 Å². The number of hydrogen-bond acceptors (Lipinski definition) is 2. The van der Waals surface area contributed by atoms with Crippen LogP contribution in [0.3, 0.4) is 0 Å². The molecule has 0 aliphatic heterocycles. The smallest absolute Gasteiger partial charge is 0.239 e. The van der Waals surface area contributed by atoms with Crippen LogP contribution in [0.25, 0.3) is 0 Å². The van der Waals surface area contributed by atoms with Crippen LogP contribution in [0, 0.1) is 5.41 Å². The molecule has 19 heavy (non-hydrogen) atoms. The summed E-state index contributed by atoms with van der Waals surface area (Å²) >= 11 is 0. The van der Waals surface area contributed by atoms with Crippen LogP contribution in [0.2, 0.25) is 0 Å². The Labute approximate surface area is 122 Å². The summed E-state index contributed by atoms with van der Waals surface area (Å²) in [5.74, 6) is 0.0124. The van der Waals surface area contributed by atoms with E-state index in [0.717, 1.165) is 6.42 Å². The van der Waals surface area contributed by atoms with E-state index >= 15 is 0 Å². The summed E-state index contributed by atoms with van der Waals surface area (Å²) in [5, 5.41) is 0. The van der Waals surface area contributed by atoms with Gasteiger partial charge >= 0.3 is 0 Å². The molecule has 1 rings (SSSR count). The van der Waals surface area contributed by atoms with E-state index in [-0.39, 0.29) is 23.7 Å². The minimum atomic E-state index is -0.446. The van der Waals surface area contributed by atoms with E-state index in [1.54, 1.807) is 4.90 Å². The molecule has 1 amide bonds. The van der Waals surface area contributed by atoms with Crippen molar-refractivity contribution >= 4 is 18.3 Å². The lowest BCUT2D eigenvalue weighted by Crippen LogP contribution is -2.49. The zero-order valence-corrected chi connectivity index (χ0v) is 13.0. The second-order valence-electron chi connectivity index (χ2n) is 5.84. The highest BCUT2D eigenvalue weighted by Gasteiger charge is 2.29. The van der Waals surface area contributed by atoms with Crippen molar-refractivity contribution in [1.29, 1.82) is 0 Å². The highest BCUT2D eigenvalue weighted by atomic mass is 35.5. The zero-order valence-electron chi connectivity index (χ0n) is 12.2. The Hall–Kier alpha value is -1.06. The number of halogens is 1. The number of hydrogen-bond donors (Lipinski definition) is 1. The molecular formula is C15H25ClN2O. The molecule has 0 heterocycles. The first-order valence-electron chi connectivity index (χ1n) is 6.37. The molecule has 0 radical (unpaired) electrons. The molecule has 0 aliphatic rings. The Morgan fingerprint density at radius 1 is 1.26 bits per heavy atom. The molecule has 0 aliphatic carbocycles. The van der Waals surface area contributed by atoms with Gasteiger partial charge in [0.1, 0.15) is 0 Å². The van der Waals surface area contributed by atoms with E-state index in [1.807, 2.05) is 46.0 Å². The zero-order chi connectivity index (χ0) is 13.8. The maximum absolute atomic E-state index is 12.1. The maximum Gasteiger partial charge on any atom is 0.239 e. The second kappa shape index (κ2) is 7.51. The number of amides is 1. The lowest BCUT2D eigenvalue weighted by atomic mass is 9.86. The average molecular weight is 285 g/mol. The highest BCUT2D eigenvalue weighted by Crippen LogP contribution is 2.18. The molecule has 0 unspecified atom stereocenters. The standard InChI is InChI=1S/C15H24N2O.ClH/c1-15(2,3)13(16)14(18)17(4)11-10-12-8-6-5-7-9-12;/h5-9,13H,10-11,16H2,1-4H3;1H/t13-;/m1./s1. The van der Waals surface area contributed by atoms with Gasteiger partial charge in [-0.05, 0) is 17.4 Å². The van der Waals surface area contributed by atoms with Gasteiger partial charge < -0.3 is 10.6 Å². The summed E-state index contributed by atoms with van der Waals surface area (Å²) < 4.78 is 0. The predicted molar refractivity (Wildman–Crippen MR) is 82.5 cm³/mol. The third-order valence-corrected chi connectivity index (χ3v) is 3.15.